The summed E-state index contributed by atoms with van der Waals surface area (Å²) in [6.07, 6.45) is 0. The normalized spacial score (nSPS) is 20.1. The van der Waals surface area contributed by atoms with Crippen molar-refractivity contribution < 1.29 is 29.7 Å². The van der Waals surface area contributed by atoms with Gasteiger partial charge in [0.15, 0.2) is 0 Å². The summed E-state index contributed by atoms with van der Waals surface area (Å²) in [5.74, 6) is 0.187. The van der Waals surface area contributed by atoms with Gasteiger partial charge in [0.05, 0.1) is 0 Å². The maximum absolute atomic E-state index is 11.8. The van der Waals surface area contributed by atoms with E-state index in [-0.39, 0.29) is 11.2 Å². The van der Waals surface area contributed by atoms with Crippen molar-refractivity contribution in [3.8, 4) is 0 Å². The van der Waals surface area contributed by atoms with E-state index >= 15 is 0 Å². The molecule has 0 radical (unpaired) electrons. The van der Waals surface area contributed by atoms with Crippen LogP contribution in [0.25, 0.3) is 0 Å². The summed E-state index contributed by atoms with van der Waals surface area (Å²) in [5.41, 5.74) is 0. The van der Waals surface area contributed by atoms with Crippen LogP contribution >= 0.6 is 35.6 Å². The van der Waals surface area contributed by atoms with Crippen molar-refractivity contribution in [3.63, 3.8) is 0 Å². The molecule has 1 amide bonds. The molecule has 0 bridgehead atoms. The van der Waals surface area contributed by atoms with Crippen molar-refractivity contribution in [2.75, 3.05) is 0 Å². The number of rotatable bonds is 2. The van der Waals surface area contributed by atoms with Crippen LogP contribution in [0.5, 0.6) is 0 Å². The Morgan fingerprint density at radius 1 is 1.44 bits per heavy atom. The van der Waals surface area contributed by atoms with E-state index in [0.717, 1.165) is 9.34 Å². The number of hydrogen-bond donors (Lipinski definition) is 0. The van der Waals surface area contributed by atoms with E-state index in [0.29, 0.717) is 0 Å². The molecule has 1 unspecified atom stereocenters. The third-order valence-electron chi connectivity index (χ3n) is 2.37. The van der Waals surface area contributed by atoms with Crippen LogP contribution in [-0.4, -0.2) is 18.1 Å². The summed E-state index contributed by atoms with van der Waals surface area (Å²) in [6, 6.07) is 7.76. The molecule has 16 heavy (non-hydrogen) atoms. The molecule has 2 nitrogen and oxygen atoms in total. The van der Waals surface area contributed by atoms with Gasteiger partial charge in [-0.1, -0.05) is 0 Å². The van der Waals surface area contributed by atoms with Crippen molar-refractivity contribution in [1.29, 1.82) is 0 Å². The topological polar surface area (TPSA) is 20.3 Å². The fraction of sp³-hybridized carbons (Fsp3) is 0.200. The van der Waals surface area contributed by atoms with Gasteiger partial charge in [0.1, 0.15) is 0 Å². The molecule has 0 N–H and O–H groups in total. The Kier molecular flexibility index (Phi) is 4.27. The monoisotopic (exact) mass is 459 g/mol. The Morgan fingerprint density at radius 2 is 2.06 bits per heavy atom. The van der Waals surface area contributed by atoms with E-state index in [1.165, 1.54) is 14.8 Å². The third kappa shape index (κ3) is 2.78. The Bertz CT molecular complexity index is 437. The zero-order chi connectivity index (χ0) is 11.7. The molecule has 1 aliphatic rings. The number of nitrogens with zero attached hydrogens (tertiary/aromatic N) is 1. The Hall–Kier alpha value is 0.355. The van der Waals surface area contributed by atoms with Crippen molar-refractivity contribution in [2.45, 2.75) is 12.2 Å². The number of carbonyl (C=O) groups excluding carboxylic acids is 1. The Balaban J connectivity index is 2.13. The van der Waals surface area contributed by atoms with Crippen molar-refractivity contribution in [3.05, 3.63) is 29.3 Å². The van der Waals surface area contributed by atoms with E-state index in [2.05, 4.69) is 0 Å². The van der Waals surface area contributed by atoms with Gasteiger partial charge >= 0.3 is 123 Å². The summed E-state index contributed by atoms with van der Waals surface area (Å²) in [5, 5.41) is 0.731. The predicted molar refractivity (Wildman–Crippen MR) is 67.6 cm³/mol. The maximum atomic E-state index is 11.8. The van der Waals surface area contributed by atoms with E-state index in [4.69, 9.17) is 23.8 Å². The van der Waals surface area contributed by atoms with E-state index in [9.17, 15) is 4.79 Å². The number of thioether (sulfide) groups is 1. The second-order valence-electron chi connectivity index (χ2n) is 3.58. The first kappa shape index (κ1) is 12.8. The molecule has 1 saturated heterocycles. The first-order valence-electron chi connectivity index (χ1n) is 4.84. The molecule has 0 aliphatic carbocycles. The van der Waals surface area contributed by atoms with E-state index < -0.39 is 24.9 Å². The second-order valence-corrected chi connectivity index (χ2v) is 12.9. The average molecular weight is 458 g/mol. The molecule has 1 atom stereocenters. The molecule has 1 heterocycles. The first-order valence-corrected chi connectivity index (χ1v) is 11.7. The number of amides is 1. The molecule has 1 fully saturated rings. The van der Waals surface area contributed by atoms with Crippen LogP contribution in [0.1, 0.15) is 6.92 Å². The average Bonchev–Trinajstić information content (AvgIpc) is 2.48. The molecule has 1 aromatic carbocycles. The van der Waals surface area contributed by atoms with Crippen LogP contribution in [0, 0.1) is 0 Å². The number of benzene rings is 1. The molecule has 2 rings (SSSR count). The molecular formula is C10H8ClHgNOS2. The van der Waals surface area contributed by atoms with Gasteiger partial charge in [0.2, 0.25) is 0 Å². The van der Waals surface area contributed by atoms with Crippen LogP contribution < -0.4 is 3.07 Å². The summed E-state index contributed by atoms with van der Waals surface area (Å²) < 4.78 is 3.89. The predicted octanol–water partition coefficient (Wildman–Crippen LogP) is 2.21. The van der Waals surface area contributed by atoms with Crippen LogP contribution in [0.4, 0.5) is 0 Å². The van der Waals surface area contributed by atoms with Gasteiger partial charge < -0.3 is 0 Å². The van der Waals surface area contributed by atoms with Gasteiger partial charge in [-0.3, -0.25) is 0 Å². The minimum atomic E-state index is -1.62. The van der Waals surface area contributed by atoms with E-state index in [1.807, 2.05) is 33.9 Å². The molecule has 0 spiro atoms. The molecule has 0 saturated carbocycles. The molecule has 1 aliphatic heterocycles. The summed E-state index contributed by atoms with van der Waals surface area (Å²) in [6.45, 7) is 1.91. The number of hydrogen-bond acceptors (Lipinski definition) is 3. The molecular weight excluding hydrogens is 450 g/mol. The SMILES string of the molecule is CC1SC(=S)[N]([Hg][c]2ccc(Cl)cc2)C1=O. The van der Waals surface area contributed by atoms with Gasteiger partial charge in [-0.15, -0.1) is 0 Å². The van der Waals surface area contributed by atoms with Crippen LogP contribution in [0.3, 0.4) is 0 Å². The van der Waals surface area contributed by atoms with Crippen molar-refractivity contribution in [1.82, 2.24) is 2.66 Å². The quantitative estimate of drug-likeness (QED) is 0.501. The molecule has 80 valence electrons. The summed E-state index contributed by atoms with van der Waals surface area (Å²) in [4.78, 5) is 11.8. The summed E-state index contributed by atoms with van der Waals surface area (Å²) >= 11 is 10.9. The number of thiocarbonyl (C=S) groups is 1. The van der Waals surface area contributed by atoms with Crippen LogP contribution in [0.15, 0.2) is 24.3 Å². The zero-order valence-corrected chi connectivity index (χ0v) is 16.5. The molecule has 0 aromatic heterocycles. The first-order chi connectivity index (χ1) is 7.58. The fourth-order valence-electron chi connectivity index (χ4n) is 1.49. The van der Waals surface area contributed by atoms with Gasteiger partial charge in [-0.05, 0) is 0 Å². The third-order valence-corrected chi connectivity index (χ3v) is 12.8. The Labute approximate surface area is 122 Å². The molecule has 1 aromatic rings. The zero-order valence-electron chi connectivity index (χ0n) is 8.64. The van der Waals surface area contributed by atoms with Gasteiger partial charge in [0.25, 0.3) is 0 Å². The second kappa shape index (κ2) is 5.33. The van der Waals surface area contributed by atoms with Crippen molar-refractivity contribution in [2.24, 2.45) is 0 Å². The fourth-order valence-corrected chi connectivity index (χ4v) is 10.7. The minimum absolute atomic E-state index is 0.000185. The number of halogens is 1. The van der Waals surface area contributed by atoms with Crippen molar-refractivity contribution >= 4 is 48.9 Å². The standard InChI is InChI=1S/C6H4Cl.C4H5NOS2.Hg/c7-6-4-2-1-3-5-6;1-2-3(6)5-4(7)8-2;/h2-5H;2H,1H3,(H,5,6,7);/q;;+1/p-1. The van der Waals surface area contributed by atoms with Gasteiger partial charge in [-0.2, -0.15) is 0 Å². The summed E-state index contributed by atoms with van der Waals surface area (Å²) in [7, 11) is 0. The van der Waals surface area contributed by atoms with E-state index in [1.54, 1.807) is 0 Å². The van der Waals surface area contributed by atoms with Gasteiger partial charge in [0, 0.05) is 0 Å². The number of carbonyl (C=O) groups is 1. The molecule has 6 heteroatoms. The Morgan fingerprint density at radius 3 is 2.56 bits per heavy atom. The van der Waals surface area contributed by atoms with Crippen LogP contribution in [0.2, 0.25) is 5.02 Å². The van der Waals surface area contributed by atoms with Crippen LogP contribution in [-0.2, 0) is 29.7 Å². The van der Waals surface area contributed by atoms with Gasteiger partial charge in [-0.25, -0.2) is 0 Å².